The van der Waals surface area contributed by atoms with Crippen LogP contribution in [0, 0.1) is 15.2 Å². The van der Waals surface area contributed by atoms with Gasteiger partial charge in [-0.25, -0.2) is 8.78 Å². The molecule has 2 aromatic carbocycles. The summed E-state index contributed by atoms with van der Waals surface area (Å²) in [5, 5.41) is 0. The largest absolute Gasteiger partial charge is 0.294 e. The summed E-state index contributed by atoms with van der Waals surface area (Å²) >= 11 is 2.14. The number of rotatable bonds is 3. The summed E-state index contributed by atoms with van der Waals surface area (Å²) < 4.78 is 27.1. The number of benzene rings is 2. The summed E-state index contributed by atoms with van der Waals surface area (Å²) in [5.41, 5.74) is 0.735. The van der Waals surface area contributed by atoms with Crippen molar-refractivity contribution in [2.24, 2.45) is 0 Å². The second-order valence-electron chi connectivity index (χ2n) is 3.84. The van der Waals surface area contributed by atoms with E-state index < -0.39 is 11.6 Å². The topological polar surface area (TPSA) is 17.1 Å². The van der Waals surface area contributed by atoms with Gasteiger partial charge >= 0.3 is 0 Å². The van der Waals surface area contributed by atoms with Crippen molar-refractivity contribution < 1.29 is 13.6 Å². The van der Waals surface area contributed by atoms with Crippen LogP contribution in [0.25, 0.3) is 0 Å². The van der Waals surface area contributed by atoms with E-state index in [1.54, 1.807) is 12.1 Å². The highest BCUT2D eigenvalue weighted by Gasteiger charge is 2.11. The quantitative estimate of drug-likeness (QED) is 0.599. The second-order valence-corrected chi connectivity index (χ2v) is 5.09. The normalized spacial score (nSPS) is 10.4. The van der Waals surface area contributed by atoms with E-state index in [0.29, 0.717) is 5.56 Å². The van der Waals surface area contributed by atoms with Crippen LogP contribution in [0.2, 0.25) is 0 Å². The van der Waals surface area contributed by atoms with Crippen molar-refractivity contribution in [2.45, 2.75) is 6.42 Å². The van der Waals surface area contributed by atoms with Crippen LogP contribution in [0.15, 0.2) is 42.5 Å². The van der Waals surface area contributed by atoms with Gasteiger partial charge in [0.15, 0.2) is 5.78 Å². The van der Waals surface area contributed by atoms with E-state index in [1.807, 2.05) is 12.1 Å². The standard InChI is InChI=1S/C14H9F2IO/c15-11-4-1-10(13(16)8-11)7-14(18)9-2-5-12(17)6-3-9/h1-6,8H,7H2. The van der Waals surface area contributed by atoms with Crippen LogP contribution in [-0.4, -0.2) is 5.78 Å². The van der Waals surface area contributed by atoms with E-state index >= 15 is 0 Å². The second kappa shape index (κ2) is 5.56. The Morgan fingerprint density at radius 2 is 1.72 bits per heavy atom. The molecule has 0 aliphatic rings. The molecular formula is C14H9F2IO. The van der Waals surface area contributed by atoms with Crippen molar-refractivity contribution in [1.82, 2.24) is 0 Å². The maximum Gasteiger partial charge on any atom is 0.167 e. The van der Waals surface area contributed by atoms with E-state index in [9.17, 15) is 13.6 Å². The van der Waals surface area contributed by atoms with Crippen LogP contribution >= 0.6 is 22.6 Å². The van der Waals surface area contributed by atoms with E-state index in [-0.39, 0.29) is 17.8 Å². The summed E-state index contributed by atoms with van der Waals surface area (Å²) in [7, 11) is 0. The lowest BCUT2D eigenvalue weighted by atomic mass is 10.0. The minimum absolute atomic E-state index is 0.0628. The predicted octanol–water partition coefficient (Wildman–Crippen LogP) is 3.99. The number of carbonyl (C=O) groups is 1. The van der Waals surface area contributed by atoms with Gasteiger partial charge in [0.05, 0.1) is 0 Å². The third-order valence-electron chi connectivity index (χ3n) is 2.53. The molecule has 1 nitrogen and oxygen atoms in total. The number of carbonyl (C=O) groups excluding carboxylic acids is 1. The molecule has 4 heteroatoms. The summed E-state index contributed by atoms with van der Waals surface area (Å²) in [5.74, 6) is -1.51. The molecule has 0 aliphatic heterocycles. The molecule has 0 atom stereocenters. The van der Waals surface area contributed by atoms with Crippen LogP contribution in [0.5, 0.6) is 0 Å². The molecule has 0 spiro atoms. The van der Waals surface area contributed by atoms with Crippen LogP contribution < -0.4 is 0 Å². The fraction of sp³-hybridized carbons (Fsp3) is 0.0714. The fourth-order valence-electron chi connectivity index (χ4n) is 1.58. The monoisotopic (exact) mass is 358 g/mol. The Morgan fingerprint density at radius 3 is 2.33 bits per heavy atom. The molecule has 0 aromatic heterocycles. The Morgan fingerprint density at radius 1 is 1.06 bits per heavy atom. The van der Waals surface area contributed by atoms with Crippen molar-refractivity contribution in [3.63, 3.8) is 0 Å². The number of hydrogen-bond acceptors (Lipinski definition) is 1. The number of halogens is 3. The van der Waals surface area contributed by atoms with Crippen LogP contribution in [0.4, 0.5) is 8.78 Å². The first-order chi connectivity index (χ1) is 8.56. The minimum atomic E-state index is -0.686. The Hall–Kier alpha value is -1.30. The zero-order chi connectivity index (χ0) is 13.1. The molecule has 2 rings (SSSR count). The van der Waals surface area contributed by atoms with Gasteiger partial charge in [-0.15, -0.1) is 0 Å². The molecule has 0 aliphatic carbocycles. The van der Waals surface area contributed by atoms with Crippen molar-refractivity contribution in [2.75, 3.05) is 0 Å². The van der Waals surface area contributed by atoms with E-state index in [4.69, 9.17) is 0 Å². The van der Waals surface area contributed by atoms with Crippen molar-refractivity contribution in [3.8, 4) is 0 Å². The number of ketones is 1. The highest BCUT2D eigenvalue weighted by atomic mass is 127. The maximum atomic E-state index is 13.4. The molecule has 2 aromatic rings. The molecule has 0 radical (unpaired) electrons. The van der Waals surface area contributed by atoms with Gasteiger partial charge in [-0.1, -0.05) is 18.2 Å². The number of Topliss-reactive ketones (excluding diaryl/α,β-unsaturated/α-hetero) is 1. The smallest absolute Gasteiger partial charge is 0.167 e. The minimum Gasteiger partial charge on any atom is -0.294 e. The van der Waals surface area contributed by atoms with Crippen molar-refractivity contribution in [1.29, 1.82) is 0 Å². The Balaban J connectivity index is 2.18. The van der Waals surface area contributed by atoms with Gasteiger partial charge in [0.1, 0.15) is 11.6 Å². The molecule has 0 N–H and O–H groups in total. The summed E-state index contributed by atoms with van der Waals surface area (Å²) in [6, 6.07) is 10.3. The summed E-state index contributed by atoms with van der Waals surface area (Å²) in [6.07, 6.45) is -0.0628. The molecule has 0 amide bonds. The Labute approximate surface area is 117 Å². The summed E-state index contributed by atoms with van der Waals surface area (Å²) in [4.78, 5) is 11.9. The first-order valence-corrected chi connectivity index (χ1v) is 6.37. The van der Waals surface area contributed by atoms with Crippen molar-refractivity contribution in [3.05, 3.63) is 68.8 Å². The third kappa shape index (κ3) is 3.13. The van der Waals surface area contributed by atoms with Crippen LogP contribution in [0.3, 0.4) is 0 Å². The van der Waals surface area contributed by atoms with Crippen molar-refractivity contribution >= 4 is 28.4 Å². The van der Waals surface area contributed by atoms with Gasteiger partial charge in [0, 0.05) is 21.6 Å². The van der Waals surface area contributed by atoms with Gasteiger partial charge < -0.3 is 0 Å². The third-order valence-corrected chi connectivity index (χ3v) is 3.25. The average molecular weight is 358 g/mol. The molecule has 0 fully saturated rings. The Bertz CT molecular complexity index is 579. The molecule has 0 bridgehead atoms. The Kier molecular flexibility index (Phi) is 4.06. The van der Waals surface area contributed by atoms with E-state index in [1.165, 1.54) is 6.07 Å². The lowest BCUT2D eigenvalue weighted by molar-refractivity contribution is 0.0991. The zero-order valence-corrected chi connectivity index (χ0v) is 11.4. The molecule has 0 saturated carbocycles. The average Bonchev–Trinajstić information content (AvgIpc) is 2.33. The highest BCUT2D eigenvalue weighted by molar-refractivity contribution is 14.1. The maximum absolute atomic E-state index is 13.4. The van der Waals surface area contributed by atoms with E-state index in [2.05, 4.69) is 22.6 Å². The molecule has 18 heavy (non-hydrogen) atoms. The molecule has 92 valence electrons. The fourth-order valence-corrected chi connectivity index (χ4v) is 1.94. The zero-order valence-electron chi connectivity index (χ0n) is 9.29. The van der Waals surface area contributed by atoms with Gasteiger partial charge in [-0.3, -0.25) is 4.79 Å². The first-order valence-electron chi connectivity index (χ1n) is 5.29. The predicted molar refractivity (Wildman–Crippen MR) is 73.6 cm³/mol. The molecule has 0 saturated heterocycles. The SMILES string of the molecule is O=C(Cc1ccc(F)cc1F)c1ccc(I)cc1. The molecule has 0 unspecified atom stereocenters. The van der Waals surface area contributed by atoms with Gasteiger partial charge in [-0.2, -0.15) is 0 Å². The van der Waals surface area contributed by atoms with Gasteiger partial charge in [0.2, 0.25) is 0 Å². The van der Waals surface area contributed by atoms with Crippen LogP contribution in [0.1, 0.15) is 15.9 Å². The highest BCUT2D eigenvalue weighted by Crippen LogP contribution is 2.14. The molecule has 0 heterocycles. The summed E-state index contributed by atoms with van der Waals surface area (Å²) in [6.45, 7) is 0. The lowest BCUT2D eigenvalue weighted by Crippen LogP contribution is -2.05. The first kappa shape index (κ1) is 13.1. The molecular weight excluding hydrogens is 349 g/mol. The number of hydrogen-bond donors (Lipinski definition) is 0. The van der Waals surface area contributed by atoms with E-state index in [0.717, 1.165) is 15.7 Å². The lowest BCUT2D eigenvalue weighted by Gasteiger charge is -2.03. The van der Waals surface area contributed by atoms with Crippen LogP contribution in [-0.2, 0) is 6.42 Å². The van der Waals surface area contributed by atoms with Gasteiger partial charge in [-0.05, 0) is 46.4 Å². The van der Waals surface area contributed by atoms with Gasteiger partial charge in [0.25, 0.3) is 0 Å².